The fourth-order valence-corrected chi connectivity index (χ4v) is 8.04. The zero-order chi connectivity index (χ0) is 31.8. The Hall–Kier alpha value is -1.83. The van der Waals surface area contributed by atoms with E-state index in [1.165, 1.54) is 54.0 Å². The van der Waals surface area contributed by atoms with Crippen LogP contribution in [0.1, 0.15) is 117 Å². The number of amides is 1. The Morgan fingerprint density at radius 3 is 2.05 bits per heavy atom. The first-order chi connectivity index (χ1) is 20.4. The van der Waals surface area contributed by atoms with Gasteiger partial charge in [0, 0.05) is 42.0 Å². The largest absolute Gasteiger partial charge is 0.375 e. The Morgan fingerprint density at radius 1 is 0.929 bits per heavy atom. The van der Waals surface area contributed by atoms with Crippen molar-refractivity contribution in [3.8, 4) is 0 Å². The smallest absolute Gasteiger partial charge is 0.209 e. The maximum atomic E-state index is 13.4. The number of carbonyl (C=O) groups excluding carboxylic acids is 1. The molecule has 0 radical (unpaired) electrons. The predicted molar refractivity (Wildman–Crippen MR) is 191 cm³/mol. The van der Waals surface area contributed by atoms with Crippen molar-refractivity contribution in [1.29, 1.82) is 0 Å². The number of piperidine rings is 1. The van der Waals surface area contributed by atoms with Crippen molar-refractivity contribution in [2.24, 2.45) is 0 Å². The number of nitrogens with zero attached hydrogens (tertiary/aromatic N) is 2. The zero-order valence-corrected chi connectivity index (χ0v) is 29.9. The van der Waals surface area contributed by atoms with Crippen molar-refractivity contribution in [2.75, 3.05) is 31.5 Å². The molecule has 242 valence electrons. The number of hydrogen-bond acceptors (Lipinski definition) is 4. The van der Waals surface area contributed by atoms with E-state index in [4.69, 9.17) is 0 Å². The van der Waals surface area contributed by atoms with Gasteiger partial charge in [0.2, 0.25) is 6.41 Å². The minimum atomic E-state index is -2.42. The minimum absolute atomic E-state index is 0.265. The van der Waals surface area contributed by atoms with E-state index in [1.54, 1.807) is 0 Å². The molecule has 2 unspecified atom stereocenters. The maximum absolute atomic E-state index is 13.4. The standard InChI is InChI=1S/C22H32N2OS2.C6H11NO.C3H8.2C2H6/c1-4-10-18-16-22(26-21(18)11-5-2)23-17-19-12-9-15-24(19)27(3,25)20-13-7-6-8-14-20;8-6-7-4-2-1-3-5-7;1-3-2;2*1-2/h6-8,13-14,16,19,23H,3-5,9-12,15,17H2,1-2H3;6H,1-5H2;3H2,1-2H3;2*1-2H3. The topological polar surface area (TPSA) is 52.7 Å². The van der Waals surface area contributed by atoms with E-state index in [0.29, 0.717) is 0 Å². The van der Waals surface area contributed by atoms with Crippen LogP contribution in [0, 0.1) is 0 Å². The summed E-state index contributed by atoms with van der Waals surface area (Å²) in [6.07, 6.45) is 12.7. The van der Waals surface area contributed by atoms with Crippen LogP contribution in [0.4, 0.5) is 5.00 Å². The molecule has 1 amide bonds. The molecule has 2 aliphatic heterocycles. The number of carbonyl (C=O) groups is 1. The monoisotopic (exact) mass is 621 g/mol. The molecule has 2 aliphatic rings. The fraction of sp³-hybridized carbons (Fsp3) is 0.657. The van der Waals surface area contributed by atoms with Crippen LogP contribution < -0.4 is 5.32 Å². The third-order valence-electron chi connectivity index (χ3n) is 6.76. The molecule has 2 saturated heterocycles. The lowest BCUT2D eigenvalue weighted by atomic mass is 10.1. The Morgan fingerprint density at radius 2 is 1.52 bits per heavy atom. The summed E-state index contributed by atoms with van der Waals surface area (Å²) in [7, 11) is -2.42. The number of rotatable bonds is 10. The van der Waals surface area contributed by atoms with Gasteiger partial charge in [0.05, 0.1) is 14.7 Å². The number of aryl methyl sites for hydroxylation is 2. The summed E-state index contributed by atoms with van der Waals surface area (Å²) in [5.74, 6) is 4.12. The predicted octanol–water partition coefficient (Wildman–Crippen LogP) is 9.32. The van der Waals surface area contributed by atoms with E-state index >= 15 is 0 Å². The maximum Gasteiger partial charge on any atom is 0.209 e. The lowest BCUT2D eigenvalue weighted by Crippen LogP contribution is -2.39. The number of benzene rings is 1. The van der Waals surface area contributed by atoms with Crippen molar-refractivity contribution in [3.63, 3.8) is 0 Å². The molecule has 0 saturated carbocycles. The molecule has 3 heterocycles. The molecular formula is C35H63N3O2S2. The molecule has 2 aromatic rings. The Labute approximate surface area is 264 Å². The number of anilines is 1. The number of thiophene rings is 1. The van der Waals surface area contributed by atoms with E-state index in [2.05, 4.69) is 49.3 Å². The van der Waals surface area contributed by atoms with Crippen LogP contribution in [0.3, 0.4) is 0 Å². The zero-order valence-electron chi connectivity index (χ0n) is 28.3. The first kappa shape index (κ1) is 40.2. The molecule has 1 N–H and O–H groups in total. The van der Waals surface area contributed by atoms with Gasteiger partial charge in [0.15, 0.2) is 0 Å². The van der Waals surface area contributed by atoms with Crippen LogP contribution in [0.15, 0.2) is 41.3 Å². The number of hydrogen-bond donors (Lipinski definition) is 1. The molecule has 1 aromatic carbocycles. The SMILES string of the molecule is C=S(=O)(c1ccccc1)N1CCCC1CNc1cc(CCC)c(CCC)s1.CC.CC.CCC.O=CN1CCCCC1. The molecular weight excluding hydrogens is 559 g/mol. The average Bonchev–Trinajstić information content (AvgIpc) is 3.67. The first-order valence-corrected chi connectivity index (χ1v) is 19.1. The number of nitrogens with one attached hydrogen (secondary N) is 1. The summed E-state index contributed by atoms with van der Waals surface area (Å²) in [5.41, 5.74) is 1.50. The third-order valence-corrected chi connectivity index (χ3v) is 10.2. The van der Waals surface area contributed by atoms with Gasteiger partial charge in [-0.3, -0.25) is 4.79 Å². The molecule has 0 bridgehead atoms. The Kier molecular flexibility index (Phi) is 23.5. The van der Waals surface area contributed by atoms with Gasteiger partial charge in [-0.2, -0.15) is 0 Å². The number of likely N-dealkylation sites (tertiary alicyclic amines) is 1. The van der Waals surface area contributed by atoms with Gasteiger partial charge in [0.25, 0.3) is 0 Å². The Bertz CT molecular complexity index is 993. The van der Waals surface area contributed by atoms with Gasteiger partial charge in [-0.05, 0) is 74.6 Å². The molecule has 7 heteroatoms. The van der Waals surface area contributed by atoms with Crippen LogP contribution in [0.5, 0.6) is 0 Å². The molecule has 0 aliphatic carbocycles. The lowest BCUT2D eigenvalue weighted by molar-refractivity contribution is -0.118. The van der Waals surface area contributed by atoms with Gasteiger partial charge < -0.3 is 10.2 Å². The van der Waals surface area contributed by atoms with Crippen molar-refractivity contribution < 1.29 is 9.00 Å². The second-order valence-corrected chi connectivity index (χ2v) is 13.6. The van der Waals surface area contributed by atoms with Crippen LogP contribution in [-0.2, 0) is 27.3 Å². The highest BCUT2D eigenvalue weighted by atomic mass is 32.2. The molecule has 5 nitrogen and oxygen atoms in total. The van der Waals surface area contributed by atoms with Crippen molar-refractivity contribution >= 4 is 38.3 Å². The van der Waals surface area contributed by atoms with Crippen LogP contribution in [0.25, 0.3) is 0 Å². The molecule has 0 spiro atoms. The van der Waals surface area contributed by atoms with Gasteiger partial charge in [-0.25, -0.2) is 8.51 Å². The molecule has 2 atom stereocenters. The highest BCUT2D eigenvalue weighted by molar-refractivity contribution is 7.98. The second kappa shape index (κ2) is 24.6. The van der Waals surface area contributed by atoms with Crippen molar-refractivity contribution in [2.45, 2.75) is 131 Å². The highest BCUT2D eigenvalue weighted by Gasteiger charge is 2.31. The van der Waals surface area contributed by atoms with Crippen LogP contribution in [0.2, 0.25) is 0 Å². The van der Waals surface area contributed by atoms with Gasteiger partial charge in [0.1, 0.15) is 0 Å². The summed E-state index contributed by atoms with van der Waals surface area (Å²) in [5, 5.41) is 4.89. The molecule has 42 heavy (non-hydrogen) atoms. The van der Waals surface area contributed by atoms with Crippen molar-refractivity contribution in [3.05, 3.63) is 46.8 Å². The summed E-state index contributed by atoms with van der Waals surface area (Å²) < 4.78 is 15.6. The first-order valence-electron chi connectivity index (χ1n) is 16.6. The van der Waals surface area contributed by atoms with Gasteiger partial charge in [-0.1, -0.05) is 92.9 Å². The molecule has 2 fully saturated rings. The summed E-state index contributed by atoms with van der Waals surface area (Å²) in [6, 6.07) is 12.3. The van der Waals surface area contributed by atoms with E-state index in [9.17, 15) is 9.00 Å². The summed E-state index contributed by atoms with van der Waals surface area (Å²) >= 11 is 1.90. The summed E-state index contributed by atoms with van der Waals surface area (Å²) in [6.45, 7) is 20.4. The molecule has 1 aromatic heterocycles. The van der Waals surface area contributed by atoms with Gasteiger partial charge >= 0.3 is 0 Å². The van der Waals surface area contributed by atoms with E-state index in [-0.39, 0.29) is 6.04 Å². The quantitative estimate of drug-likeness (QED) is 0.212. The van der Waals surface area contributed by atoms with Crippen LogP contribution in [-0.4, -0.2) is 57.9 Å². The lowest BCUT2D eigenvalue weighted by Gasteiger charge is -2.28. The van der Waals surface area contributed by atoms with Crippen molar-refractivity contribution in [1.82, 2.24) is 9.21 Å². The fourth-order valence-electron chi connectivity index (χ4n) is 4.89. The normalized spacial score (nSPS) is 17.4. The van der Waals surface area contributed by atoms with Crippen LogP contribution >= 0.6 is 11.3 Å². The van der Waals surface area contributed by atoms with Gasteiger partial charge in [-0.15, -0.1) is 11.3 Å². The minimum Gasteiger partial charge on any atom is -0.375 e. The van der Waals surface area contributed by atoms with E-state index < -0.39 is 9.71 Å². The van der Waals surface area contributed by atoms with E-state index in [0.717, 1.165) is 63.2 Å². The van der Waals surface area contributed by atoms with E-state index in [1.807, 2.05) is 74.3 Å². The molecule has 4 rings (SSSR count). The third kappa shape index (κ3) is 14.1. The average molecular weight is 622 g/mol. The summed E-state index contributed by atoms with van der Waals surface area (Å²) in [4.78, 5) is 14.3. The highest BCUT2D eigenvalue weighted by Crippen LogP contribution is 2.31. The second-order valence-electron chi connectivity index (χ2n) is 10.2. The Balaban J connectivity index is 0.000000931.